The summed E-state index contributed by atoms with van der Waals surface area (Å²) in [5.41, 5.74) is 3.58. The maximum absolute atomic E-state index is 13.4. The van der Waals surface area contributed by atoms with Crippen molar-refractivity contribution in [1.29, 1.82) is 0 Å². The molecule has 0 saturated carbocycles. The van der Waals surface area contributed by atoms with E-state index in [0.29, 0.717) is 6.54 Å². The van der Waals surface area contributed by atoms with E-state index in [2.05, 4.69) is 15.6 Å². The Labute approximate surface area is 108 Å². The first kappa shape index (κ1) is 12.5. The number of amides is 1. The number of anilines is 2. The lowest BCUT2D eigenvalue weighted by molar-refractivity contribution is -0.114. The van der Waals surface area contributed by atoms with Gasteiger partial charge in [-0.15, -0.1) is 11.3 Å². The predicted molar refractivity (Wildman–Crippen MR) is 70.1 cm³/mol. The minimum atomic E-state index is -0.454. The number of carbonyl (C=O) groups excluding carboxylic acids is 1. The van der Waals surface area contributed by atoms with Crippen LogP contribution >= 0.6 is 11.3 Å². The molecule has 0 atom stereocenters. The highest BCUT2D eigenvalue weighted by Gasteiger charge is 2.05. The molecule has 1 aromatic carbocycles. The van der Waals surface area contributed by atoms with Crippen molar-refractivity contribution in [3.05, 3.63) is 40.6 Å². The lowest BCUT2D eigenvalue weighted by atomic mass is 10.2. The maximum atomic E-state index is 13.4. The number of hydrogen-bond acceptors (Lipinski definition) is 4. The molecule has 2 aromatic rings. The van der Waals surface area contributed by atoms with Crippen molar-refractivity contribution >= 4 is 28.6 Å². The smallest absolute Gasteiger partial charge is 0.221 e. The number of benzene rings is 1. The molecule has 94 valence electrons. The van der Waals surface area contributed by atoms with Crippen molar-refractivity contribution in [3.63, 3.8) is 0 Å². The van der Waals surface area contributed by atoms with Crippen LogP contribution in [0.1, 0.15) is 12.6 Å². The Hall–Kier alpha value is -1.95. The molecular formula is C12H12FN3OS. The highest BCUT2D eigenvalue weighted by Crippen LogP contribution is 2.20. The van der Waals surface area contributed by atoms with E-state index in [1.165, 1.54) is 24.3 Å². The van der Waals surface area contributed by atoms with E-state index < -0.39 is 5.82 Å². The molecular weight excluding hydrogens is 253 g/mol. The van der Waals surface area contributed by atoms with Gasteiger partial charge in [0.2, 0.25) is 5.91 Å². The van der Waals surface area contributed by atoms with Gasteiger partial charge in [0.25, 0.3) is 0 Å². The molecule has 0 bridgehead atoms. The zero-order chi connectivity index (χ0) is 13.0. The average molecular weight is 265 g/mol. The normalized spacial score (nSPS) is 10.1. The van der Waals surface area contributed by atoms with Gasteiger partial charge in [0.1, 0.15) is 5.82 Å². The molecule has 1 amide bonds. The molecule has 0 aliphatic rings. The Morgan fingerprint density at radius 2 is 2.33 bits per heavy atom. The second-order valence-electron chi connectivity index (χ2n) is 3.71. The van der Waals surface area contributed by atoms with Crippen LogP contribution in [0.25, 0.3) is 0 Å². The second kappa shape index (κ2) is 5.59. The third-order valence-corrected chi connectivity index (χ3v) is 2.87. The standard InChI is InChI=1S/C12H12FN3OS/c1-8(17)16-12-4-9(2-3-11(12)13)14-5-10-6-18-7-15-10/h2-4,6-7,14H,5H2,1H3,(H,16,17). The summed E-state index contributed by atoms with van der Waals surface area (Å²) in [6.45, 7) is 1.91. The van der Waals surface area contributed by atoms with Crippen molar-refractivity contribution in [2.45, 2.75) is 13.5 Å². The first-order valence-electron chi connectivity index (χ1n) is 5.33. The molecule has 0 spiro atoms. The fourth-order valence-electron chi connectivity index (χ4n) is 1.44. The molecule has 0 aliphatic carbocycles. The van der Waals surface area contributed by atoms with Crippen LogP contribution in [0.4, 0.5) is 15.8 Å². The van der Waals surface area contributed by atoms with Gasteiger partial charge < -0.3 is 10.6 Å². The Morgan fingerprint density at radius 1 is 1.50 bits per heavy atom. The van der Waals surface area contributed by atoms with Crippen molar-refractivity contribution in [3.8, 4) is 0 Å². The van der Waals surface area contributed by atoms with E-state index in [9.17, 15) is 9.18 Å². The fraction of sp³-hybridized carbons (Fsp3) is 0.167. The molecule has 2 rings (SSSR count). The first-order chi connectivity index (χ1) is 8.65. The minimum absolute atomic E-state index is 0.172. The molecule has 18 heavy (non-hydrogen) atoms. The van der Waals surface area contributed by atoms with Crippen molar-refractivity contribution in [1.82, 2.24) is 4.98 Å². The van der Waals surface area contributed by atoms with Crippen molar-refractivity contribution in [2.75, 3.05) is 10.6 Å². The van der Waals surface area contributed by atoms with E-state index >= 15 is 0 Å². The first-order valence-corrected chi connectivity index (χ1v) is 6.27. The van der Waals surface area contributed by atoms with Crippen LogP contribution in [0, 0.1) is 5.82 Å². The number of nitrogens with zero attached hydrogens (tertiary/aromatic N) is 1. The highest BCUT2D eigenvalue weighted by atomic mass is 32.1. The topological polar surface area (TPSA) is 54.0 Å². The van der Waals surface area contributed by atoms with Crippen molar-refractivity contribution < 1.29 is 9.18 Å². The van der Waals surface area contributed by atoms with E-state index in [0.717, 1.165) is 11.4 Å². The van der Waals surface area contributed by atoms with Crippen LogP contribution < -0.4 is 10.6 Å². The molecule has 0 radical (unpaired) electrons. The van der Waals surface area contributed by atoms with Crippen LogP contribution in [0.5, 0.6) is 0 Å². The van der Waals surface area contributed by atoms with Gasteiger partial charge in [0, 0.05) is 18.0 Å². The summed E-state index contributed by atoms with van der Waals surface area (Å²) in [5.74, 6) is -0.755. The summed E-state index contributed by atoms with van der Waals surface area (Å²) in [6.07, 6.45) is 0. The van der Waals surface area contributed by atoms with Gasteiger partial charge >= 0.3 is 0 Å². The number of aromatic nitrogens is 1. The molecule has 6 heteroatoms. The Morgan fingerprint density at radius 3 is 3.00 bits per heavy atom. The van der Waals surface area contributed by atoms with Gasteiger partial charge in [-0.25, -0.2) is 9.37 Å². The number of halogens is 1. The molecule has 1 aromatic heterocycles. The summed E-state index contributed by atoms with van der Waals surface area (Å²) in [4.78, 5) is 15.0. The van der Waals surface area contributed by atoms with Gasteiger partial charge in [-0.05, 0) is 18.2 Å². The summed E-state index contributed by atoms with van der Waals surface area (Å²) in [7, 11) is 0. The van der Waals surface area contributed by atoms with Crippen LogP contribution in [0.3, 0.4) is 0 Å². The van der Waals surface area contributed by atoms with Crippen LogP contribution in [-0.4, -0.2) is 10.9 Å². The lowest BCUT2D eigenvalue weighted by Gasteiger charge is -2.08. The van der Waals surface area contributed by atoms with E-state index in [1.54, 1.807) is 17.6 Å². The van der Waals surface area contributed by atoms with Gasteiger partial charge in [-0.2, -0.15) is 0 Å². The third kappa shape index (κ3) is 3.27. The summed E-state index contributed by atoms with van der Waals surface area (Å²) in [5, 5.41) is 7.49. The summed E-state index contributed by atoms with van der Waals surface area (Å²) < 4.78 is 13.4. The third-order valence-electron chi connectivity index (χ3n) is 2.23. The van der Waals surface area contributed by atoms with E-state index in [4.69, 9.17) is 0 Å². The lowest BCUT2D eigenvalue weighted by Crippen LogP contribution is -2.08. The van der Waals surface area contributed by atoms with Crippen LogP contribution in [0.2, 0.25) is 0 Å². The van der Waals surface area contributed by atoms with E-state index in [1.807, 2.05) is 5.38 Å². The quantitative estimate of drug-likeness (QED) is 0.893. The number of thiazole rings is 1. The second-order valence-corrected chi connectivity index (χ2v) is 4.43. The highest BCUT2D eigenvalue weighted by molar-refractivity contribution is 7.07. The monoisotopic (exact) mass is 265 g/mol. The van der Waals surface area contributed by atoms with Crippen molar-refractivity contribution in [2.24, 2.45) is 0 Å². The largest absolute Gasteiger partial charge is 0.379 e. The Kier molecular flexibility index (Phi) is 3.88. The zero-order valence-corrected chi connectivity index (χ0v) is 10.6. The fourth-order valence-corrected chi connectivity index (χ4v) is 2.00. The molecule has 0 fully saturated rings. The Bertz CT molecular complexity index is 542. The number of nitrogens with one attached hydrogen (secondary N) is 2. The number of hydrogen-bond donors (Lipinski definition) is 2. The SMILES string of the molecule is CC(=O)Nc1cc(NCc2cscn2)ccc1F. The van der Waals surface area contributed by atoms with Crippen LogP contribution in [0.15, 0.2) is 29.1 Å². The molecule has 1 heterocycles. The minimum Gasteiger partial charge on any atom is -0.379 e. The summed E-state index contributed by atoms with van der Waals surface area (Å²) in [6, 6.07) is 4.49. The molecule has 0 saturated heterocycles. The van der Waals surface area contributed by atoms with Gasteiger partial charge in [0.15, 0.2) is 0 Å². The molecule has 0 aliphatic heterocycles. The molecule has 0 unspecified atom stereocenters. The van der Waals surface area contributed by atoms with Gasteiger partial charge in [-0.3, -0.25) is 4.79 Å². The summed E-state index contributed by atoms with van der Waals surface area (Å²) >= 11 is 1.52. The molecule has 2 N–H and O–H groups in total. The van der Waals surface area contributed by atoms with Crippen LogP contribution in [-0.2, 0) is 11.3 Å². The maximum Gasteiger partial charge on any atom is 0.221 e. The number of rotatable bonds is 4. The Balaban J connectivity index is 2.06. The number of carbonyl (C=O) groups is 1. The van der Waals surface area contributed by atoms with E-state index in [-0.39, 0.29) is 11.6 Å². The molecule has 4 nitrogen and oxygen atoms in total. The average Bonchev–Trinajstić information content (AvgIpc) is 2.82. The predicted octanol–water partition coefficient (Wildman–Crippen LogP) is 2.85. The van der Waals surface area contributed by atoms with Gasteiger partial charge in [0.05, 0.1) is 23.4 Å². The zero-order valence-electron chi connectivity index (χ0n) is 9.74. The van der Waals surface area contributed by atoms with Gasteiger partial charge in [-0.1, -0.05) is 0 Å².